The summed E-state index contributed by atoms with van der Waals surface area (Å²) >= 11 is 0. The molecule has 176 valence electrons. The summed E-state index contributed by atoms with van der Waals surface area (Å²) in [4.78, 5) is 36.4. The first-order chi connectivity index (χ1) is 16.3. The van der Waals surface area contributed by atoms with Crippen LogP contribution in [0, 0.1) is 5.92 Å². The average Bonchev–Trinajstić information content (AvgIpc) is 3.32. The topological polar surface area (TPSA) is 123 Å². The highest BCUT2D eigenvalue weighted by molar-refractivity contribution is 5.96. The van der Waals surface area contributed by atoms with Crippen molar-refractivity contribution < 1.29 is 24.2 Å². The quantitative estimate of drug-likeness (QED) is 0.493. The van der Waals surface area contributed by atoms with Crippen LogP contribution >= 0.6 is 0 Å². The number of rotatable bonds is 7. The van der Waals surface area contributed by atoms with Gasteiger partial charge in [-0.2, -0.15) is 5.10 Å². The number of carboxylic acids is 1. The predicted molar refractivity (Wildman–Crippen MR) is 126 cm³/mol. The summed E-state index contributed by atoms with van der Waals surface area (Å²) in [7, 11) is 1.53. The zero-order valence-corrected chi connectivity index (χ0v) is 19.1. The zero-order chi connectivity index (χ0) is 24.4. The van der Waals surface area contributed by atoms with Crippen LogP contribution in [0.2, 0.25) is 0 Å². The lowest BCUT2D eigenvalue weighted by Gasteiger charge is -2.17. The van der Waals surface area contributed by atoms with Gasteiger partial charge in [0.15, 0.2) is 5.82 Å². The molecule has 2 aromatic carbocycles. The minimum Gasteiger partial charge on any atom is -0.480 e. The monoisotopic (exact) mass is 462 g/mol. The van der Waals surface area contributed by atoms with E-state index in [2.05, 4.69) is 27.9 Å². The SMILES string of the molecule is CC(C)C(NC(=O)c1cc(NC(=O)OCC2c3ccccc3-c3ccccc32)nn1C)C(=O)O. The summed E-state index contributed by atoms with van der Waals surface area (Å²) in [5.41, 5.74) is 4.58. The molecule has 0 aliphatic heterocycles. The third kappa shape index (κ3) is 4.50. The standard InChI is InChI=1S/C25H26N4O5/c1-14(2)22(24(31)32)27-23(30)20-12-21(28-29(20)3)26-25(33)34-13-19-17-10-6-4-8-15(17)16-9-5-7-11-18(16)19/h4-12,14,19,22H,13H2,1-3H3,(H,27,30)(H,31,32)(H,26,28,33). The van der Waals surface area contributed by atoms with Crippen LogP contribution in [0.3, 0.4) is 0 Å². The molecule has 34 heavy (non-hydrogen) atoms. The average molecular weight is 463 g/mol. The maximum Gasteiger partial charge on any atom is 0.412 e. The number of benzene rings is 2. The van der Waals surface area contributed by atoms with E-state index in [9.17, 15) is 19.5 Å². The first-order valence-corrected chi connectivity index (χ1v) is 11.0. The molecule has 1 heterocycles. The molecule has 1 aliphatic rings. The molecule has 4 rings (SSSR count). The molecular formula is C25H26N4O5. The van der Waals surface area contributed by atoms with Crippen LogP contribution in [0.25, 0.3) is 11.1 Å². The number of carbonyl (C=O) groups excluding carboxylic acids is 2. The third-order valence-electron chi connectivity index (χ3n) is 5.91. The number of nitrogens with one attached hydrogen (secondary N) is 2. The minimum atomic E-state index is -1.12. The van der Waals surface area contributed by atoms with Gasteiger partial charge in [-0.25, -0.2) is 9.59 Å². The molecule has 1 atom stereocenters. The summed E-state index contributed by atoms with van der Waals surface area (Å²) in [5, 5.41) is 18.4. The van der Waals surface area contributed by atoms with E-state index in [0.717, 1.165) is 22.3 Å². The first-order valence-electron chi connectivity index (χ1n) is 11.0. The molecule has 9 heteroatoms. The van der Waals surface area contributed by atoms with Crippen molar-refractivity contribution in [2.24, 2.45) is 13.0 Å². The number of anilines is 1. The number of aliphatic carboxylic acids is 1. The van der Waals surface area contributed by atoms with Crippen LogP contribution in [0.4, 0.5) is 10.6 Å². The van der Waals surface area contributed by atoms with Gasteiger partial charge in [-0.05, 0) is 28.2 Å². The van der Waals surface area contributed by atoms with Gasteiger partial charge in [0, 0.05) is 19.0 Å². The number of amides is 2. The van der Waals surface area contributed by atoms with Crippen molar-refractivity contribution in [3.63, 3.8) is 0 Å². The van der Waals surface area contributed by atoms with E-state index in [1.54, 1.807) is 13.8 Å². The first kappa shape index (κ1) is 23.0. The molecule has 0 radical (unpaired) electrons. The number of hydrogen-bond acceptors (Lipinski definition) is 5. The molecule has 3 aromatic rings. The van der Waals surface area contributed by atoms with E-state index in [1.807, 2.05) is 36.4 Å². The van der Waals surface area contributed by atoms with Gasteiger partial charge in [-0.1, -0.05) is 62.4 Å². The molecule has 1 aliphatic carbocycles. The number of aryl methyl sites for hydroxylation is 1. The summed E-state index contributed by atoms with van der Waals surface area (Å²) in [6.07, 6.45) is -0.697. The van der Waals surface area contributed by atoms with Crippen molar-refractivity contribution in [2.45, 2.75) is 25.8 Å². The summed E-state index contributed by atoms with van der Waals surface area (Å²) in [5.74, 6) is -1.97. The fourth-order valence-corrected chi connectivity index (χ4v) is 4.21. The van der Waals surface area contributed by atoms with Crippen molar-refractivity contribution in [3.8, 4) is 11.1 Å². The molecule has 0 spiro atoms. The largest absolute Gasteiger partial charge is 0.480 e. The van der Waals surface area contributed by atoms with Gasteiger partial charge in [0.1, 0.15) is 18.3 Å². The normalized spacial score (nSPS) is 13.2. The van der Waals surface area contributed by atoms with Gasteiger partial charge in [0.05, 0.1) is 0 Å². The lowest BCUT2D eigenvalue weighted by molar-refractivity contribution is -0.140. The van der Waals surface area contributed by atoms with E-state index < -0.39 is 24.0 Å². The van der Waals surface area contributed by atoms with Gasteiger partial charge in [-0.15, -0.1) is 0 Å². The second kappa shape index (κ2) is 9.38. The second-order valence-electron chi connectivity index (χ2n) is 8.52. The number of aromatic nitrogens is 2. The Kier molecular flexibility index (Phi) is 6.36. The van der Waals surface area contributed by atoms with Gasteiger partial charge in [0.2, 0.25) is 0 Å². The lowest BCUT2D eigenvalue weighted by atomic mass is 9.98. The molecule has 9 nitrogen and oxygen atoms in total. The Bertz CT molecular complexity index is 1200. The molecule has 0 bridgehead atoms. The Labute approximate surface area is 196 Å². The number of ether oxygens (including phenoxy) is 1. The van der Waals surface area contributed by atoms with Crippen LogP contribution in [0.15, 0.2) is 54.6 Å². The number of fused-ring (bicyclic) bond motifs is 3. The smallest absolute Gasteiger partial charge is 0.412 e. The van der Waals surface area contributed by atoms with Gasteiger partial charge < -0.3 is 15.2 Å². The van der Waals surface area contributed by atoms with Crippen molar-refractivity contribution >= 4 is 23.8 Å². The molecule has 0 fully saturated rings. The number of nitrogens with zero attached hydrogens (tertiary/aromatic N) is 2. The van der Waals surface area contributed by atoms with Crippen LogP contribution in [-0.4, -0.2) is 45.5 Å². The Morgan fingerprint density at radius 2 is 1.65 bits per heavy atom. The maximum atomic E-state index is 12.5. The van der Waals surface area contributed by atoms with Crippen molar-refractivity contribution in [1.29, 1.82) is 0 Å². The Hall–Kier alpha value is -4.14. The Morgan fingerprint density at radius 3 is 2.21 bits per heavy atom. The van der Waals surface area contributed by atoms with E-state index in [1.165, 1.54) is 17.8 Å². The van der Waals surface area contributed by atoms with Gasteiger partial charge in [0.25, 0.3) is 5.91 Å². The highest BCUT2D eigenvalue weighted by Gasteiger charge is 2.29. The molecule has 2 amide bonds. The minimum absolute atomic E-state index is 0.0767. The number of carboxylic acid groups (broad SMARTS) is 1. The molecule has 0 saturated heterocycles. The van der Waals surface area contributed by atoms with Gasteiger partial charge in [-0.3, -0.25) is 14.8 Å². The zero-order valence-electron chi connectivity index (χ0n) is 19.1. The second-order valence-corrected chi connectivity index (χ2v) is 8.52. The predicted octanol–water partition coefficient (Wildman–Crippen LogP) is 3.62. The number of hydrogen-bond donors (Lipinski definition) is 3. The highest BCUT2D eigenvalue weighted by Crippen LogP contribution is 2.44. The van der Waals surface area contributed by atoms with Crippen LogP contribution in [0.5, 0.6) is 0 Å². The maximum absolute atomic E-state index is 12.5. The van der Waals surface area contributed by atoms with Gasteiger partial charge >= 0.3 is 12.1 Å². The fourth-order valence-electron chi connectivity index (χ4n) is 4.21. The summed E-state index contributed by atoms with van der Waals surface area (Å²) < 4.78 is 6.77. The Morgan fingerprint density at radius 1 is 1.06 bits per heavy atom. The third-order valence-corrected chi connectivity index (χ3v) is 5.91. The van der Waals surface area contributed by atoms with Crippen LogP contribution in [-0.2, 0) is 16.6 Å². The lowest BCUT2D eigenvalue weighted by Crippen LogP contribution is -2.44. The molecule has 1 unspecified atom stereocenters. The van der Waals surface area contributed by atoms with Crippen molar-refractivity contribution in [1.82, 2.24) is 15.1 Å². The van der Waals surface area contributed by atoms with E-state index >= 15 is 0 Å². The number of carbonyl (C=O) groups is 3. The Balaban J connectivity index is 1.41. The van der Waals surface area contributed by atoms with Crippen molar-refractivity contribution in [2.75, 3.05) is 11.9 Å². The van der Waals surface area contributed by atoms with E-state index in [-0.39, 0.29) is 30.0 Å². The summed E-state index contributed by atoms with van der Waals surface area (Å²) in [6.45, 7) is 3.55. The fraction of sp³-hybridized carbons (Fsp3) is 0.280. The molecule has 0 saturated carbocycles. The van der Waals surface area contributed by atoms with Crippen molar-refractivity contribution in [3.05, 3.63) is 71.4 Å². The van der Waals surface area contributed by atoms with Crippen LogP contribution < -0.4 is 10.6 Å². The summed E-state index contributed by atoms with van der Waals surface area (Å²) in [6, 6.07) is 16.4. The molecule has 3 N–H and O–H groups in total. The van der Waals surface area contributed by atoms with E-state index in [4.69, 9.17) is 4.74 Å². The van der Waals surface area contributed by atoms with E-state index in [0.29, 0.717) is 0 Å². The molecule has 1 aromatic heterocycles. The van der Waals surface area contributed by atoms with Crippen LogP contribution in [0.1, 0.15) is 41.4 Å². The molecular weight excluding hydrogens is 436 g/mol. The highest BCUT2D eigenvalue weighted by atomic mass is 16.5.